The normalized spacial score (nSPS) is 20.7. The van der Waals surface area contributed by atoms with E-state index in [0.717, 1.165) is 5.69 Å². The van der Waals surface area contributed by atoms with Crippen molar-refractivity contribution in [1.82, 2.24) is 10.2 Å². The lowest BCUT2D eigenvalue weighted by atomic mass is 9.92. The van der Waals surface area contributed by atoms with E-state index in [0.29, 0.717) is 5.82 Å². The van der Waals surface area contributed by atoms with Gasteiger partial charge in [0.25, 0.3) is 0 Å². The molecule has 1 aromatic rings. The van der Waals surface area contributed by atoms with E-state index in [2.05, 4.69) is 10.2 Å². The first-order chi connectivity index (χ1) is 9.06. The van der Waals surface area contributed by atoms with Crippen molar-refractivity contribution < 1.29 is 17.1 Å². The maximum absolute atomic E-state index is 12.7. The molecule has 1 atom stereocenters. The predicted octanol–water partition coefficient (Wildman–Crippen LogP) is 1.36. The standard InChI is InChI=1S/C12H18FN3O3S/c1-12(2,3)9-5-10(15-14-9)16-6-8(4-11(16)17)7-20(13,18)19/h5,8H,4,6-7H2,1-3H3,(H,14,15). The summed E-state index contributed by atoms with van der Waals surface area (Å²) in [7, 11) is -4.56. The van der Waals surface area contributed by atoms with E-state index in [4.69, 9.17) is 0 Å². The summed E-state index contributed by atoms with van der Waals surface area (Å²) < 4.78 is 34.0. The maximum atomic E-state index is 12.7. The van der Waals surface area contributed by atoms with Gasteiger partial charge in [0.1, 0.15) is 0 Å². The zero-order chi connectivity index (χ0) is 15.1. The number of hydrogen-bond acceptors (Lipinski definition) is 4. The van der Waals surface area contributed by atoms with Gasteiger partial charge in [-0.1, -0.05) is 20.8 Å². The highest BCUT2D eigenvalue weighted by Crippen LogP contribution is 2.28. The molecule has 2 heterocycles. The lowest BCUT2D eigenvalue weighted by molar-refractivity contribution is -0.117. The number of aromatic amines is 1. The van der Waals surface area contributed by atoms with Gasteiger partial charge in [-0.05, 0) is 0 Å². The summed E-state index contributed by atoms with van der Waals surface area (Å²) >= 11 is 0. The van der Waals surface area contributed by atoms with Crippen LogP contribution in [-0.2, 0) is 20.4 Å². The Morgan fingerprint density at radius 2 is 2.15 bits per heavy atom. The van der Waals surface area contributed by atoms with Gasteiger partial charge in [-0.15, -0.1) is 3.89 Å². The number of H-pyrrole nitrogens is 1. The molecule has 20 heavy (non-hydrogen) atoms. The van der Waals surface area contributed by atoms with Crippen molar-refractivity contribution in [2.24, 2.45) is 5.92 Å². The minimum atomic E-state index is -4.56. The Bertz CT molecular complexity index is 618. The van der Waals surface area contributed by atoms with Gasteiger partial charge < -0.3 is 0 Å². The molecule has 1 aliphatic heterocycles. The lowest BCUT2D eigenvalue weighted by Gasteiger charge is -2.15. The van der Waals surface area contributed by atoms with Crippen LogP contribution in [0.3, 0.4) is 0 Å². The second-order valence-electron chi connectivity index (χ2n) is 6.17. The number of anilines is 1. The average Bonchev–Trinajstić information content (AvgIpc) is 2.81. The van der Waals surface area contributed by atoms with Gasteiger partial charge in [0.05, 0.1) is 5.75 Å². The summed E-state index contributed by atoms with van der Waals surface area (Å²) in [5.74, 6) is -0.914. The first-order valence-corrected chi connectivity index (χ1v) is 7.90. The molecule has 1 saturated heterocycles. The summed E-state index contributed by atoms with van der Waals surface area (Å²) in [6, 6.07) is 1.77. The topological polar surface area (TPSA) is 83.1 Å². The second-order valence-corrected chi connectivity index (χ2v) is 7.58. The molecular weight excluding hydrogens is 285 g/mol. The van der Waals surface area contributed by atoms with Gasteiger partial charge >= 0.3 is 10.2 Å². The molecule has 2 rings (SSSR count). The Balaban J connectivity index is 2.14. The van der Waals surface area contributed by atoms with Gasteiger partial charge in [-0.2, -0.15) is 13.5 Å². The van der Waals surface area contributed by atoms with Crippen molar-refractivity contribution in [1.29, 1.82) is 0 Å². The lowest BCUT2D eigenvalue weighted by Crippen LogP contribution is -2.25. The highest BCUT2D eigenvalue weighted by Gasteiger charge is 2.35. The first-order valence-electron chi connectivity index (χ1n) is 6.35. The van der Waals surface area contributed by atoms with Crippen LogP contribution in [0.1, 0.15) is 32.9 Å². The monoisotopic (exact) mass is 303 g/mol. The number of aromatic nitrogens is 2. The SMILES string of the molecule is CC(C)(C)c1cc(N2CC(CS(=O)(=O)F)CC2=O)n[nH]1. The third-order valence-corrected chi connectivity index (χ3v) is 4.16. The molecule has 8 heteroatoms. The van der Waals surface area contributed by atoms with Crippen molar-refractivity contribution in [3.63, 3.8) is 0 Å². The average molecular weight is 303 g/mol. The van der Waals surface area contributed by atoms with E-state index in [1.54, 1.807) is 6.07 Å². The Labute approximate surface area is 117 Å². The number of nitrogens with one attached hydrogen (secondary N) is 1. The van der Waals surface area contributed by atoms with Gasteiger partial charge in [0.15, 0.2) is 5.82 Å². The van der Waals surface area contributed by atoms with E-state index >= 15 is 0 Å². The van der Waals surface area contributed by atoms with Gasteiger partial charge in [-0.25, -0.2) is 0 Å². The molecule has 1 aromatic heterocycles. The van der Waals surface area contributed by atoms with Crippen molar-refractivity contribution in [2.45, 2.75) is 32.6 Å². The second kappa shape index (κ2) is 4.83. The minimum Gasteiger partial charge on any atom is -0.295 e. The maximum Gasteiger partial charge on any atom is 0.302 e. The van der Waals surface area contributed by atoms with Crippen molar-refractivity contribution in [2.75, 3.05) is 17.2 Å². The molecule has 1 aliphatic rings. The molecule has 1 unspecified atom stereocenters. The fraction of sp³-hybridized carbons (Fsp3) is 0.667. The fourth-order valence-corrected chi connectivity index (χ4v) is 3.02. The molecule has 6 nitrogen and oxygen atoms in total. The van der Waals surface area contributed by atoms with E-state index in [1.807, 2.05) is 20.8 Å². The molecular formula is C12H18FN3O3S. The van der Waals surface area contributed by atoms with Crippen LogP contribution in [0.5, 0.6) is 0 Å². The van der Waals surface area contributed by atoms with Crippen LogP contribution in [0.4, 0.5) is 9.70 Å². The molecule has 1 fully saturated rings. The van der Waals surface area contributed by atoms with Crippen molar-refractivity contribution in [3.05, 3.63) is 11.8 Å². The van der Waals surface area contributed by atoms with Gasteiger partial charge in [0.2, 0.25) is 5.91 Å². The third kappa shape index (κ3) is 3.36. The Kier molecular flexibility index (Phi) is 3.62. The smallest absolute Gasteiger partial charge is 0.295 e. The predicted molar refractivity (Wildman–Crippen MR) is 72.6 cm³/mol. The Hall–Kier alpha value is -1.44. The number of rotatable bonds is 3. The highest BCUT2D eigenvalue weighted by molar-refractivity contribution is 7.86. The van der Waals surface area contributed by atoms with Crippen LogP contribution in [0.25, 0.3) is 0 Å². The summed E-state index contributed by atoms with van der Waals surface area (Å²) in [5.41, 5.74) is 0.747. The molecule has 1 N–H and O–H groups in total. The van der Waals surface area contributed by atoms with Crippen LogP contribution in [0, 0.1) is 5.92 Å². The first kappa shape index (κ1) is 15.0. The fourth-order valence-electron chi connectivity index (χ4n) is 2.23. The van der Waals surface area contributed by atoms with E-state index < -0.39 is 21.9 Å². The Morgan fingerprint density at radius 3 is 2.65 bits per heavy atom. The van der Waals surface area contributed by atoms with E-state index in [-0.39, 0.29) is 24.3 Å². The third-order valence-electron chi connectivity index (χ3n) is 3.29. The highest BCUT2D eigenvalue weighted by atomic mass is 32.3. The van der Waals surface area contributed by atoms with Crippen LogP contribution in [-0.4, -0.2) is 36.8 Å². The molecule has 0 saturated carbocycles. The molecule has 0 radical (unpaired) electrons. The molecule has 112 valence electrons. The summed E-state index contributed by atoms with van der Waals surface area (Å²) in [5, 5.41) is 6.95. The van der Waals surface area contributed by atoms with Crippen molar-refractivity contribution >= 4 is 21.9 Å². The molecule has 0 spiro atoms. The van der Waals surface area contributed by atoms with Crippen LogP contribution in [0.2, 0.25) is 0 Å². The molecule has 0 aliphatic carbocycles. The van der Waals surface area contributed by atoms with E-state index in [1.165, 1.54) is 4.90 Å². The summed E-state index contributed by atoms with van der Waals surface area (Å²) in [6.45, 7) is 6.20. The molecule has 0 bridgehead atoms. The minimum absolute atomic E-state index is 0.0286. The number of nitrogens with zero attached hydrogens (tertiary/aromatic N) is 2. The Morgan fingerprint density at radius 1 is 1.50 bits per heavy atom. The van der Waals surface area contributed by atoms with Crippen LogP contribution < -0.4 is 4.90 Å². The zero-order valence-electron chi connectivity index (χ0n) is 11.7. The quantitative estimate of drug-likeness (QED) is 0.855. The molecule has 1 amide bonds. The number of carbonyl (C=O) groups is 1. The number of hydrogen-bond donors (Lipinski definition) is 1. The van der Waals surface area contributed by atoms with Gasteiger partial charge in [-0.3, -0.25) is 14.8 Å². The number of amides is 1. The van der Waals surface area contributed by atoms with Crippen LogP contribution >= 0.6 is 0 Å². The van der Waals surface area contributed by atoms with Crippen molar-refractivity contribution in [3.8, 4) is 0 Å². The zero-order valence-corrected chi connectivity index (χ0v) is 12.5. The number of carbonyl (C=O) groups excluding carboxylic acids is 1. The number of halogens is 1. The van der Waals surface area contributed by atoms with E-state index in [9.17, 15) is 17.1 Å². The summed E-state index contributed by atoms with van der Waals surface area (Å²) in [4.78, 5) is 13.3. The summed E-state index contributed by atoms with van der Waals surface area (Å²) in [6.07, 6.45) is 0.0286. The van der Waals surface area contributed by atoms with Gasteiger partial charge in [0, 0.05) is 36.1 Å². The largest absolute Gasteiger partial charge is 0.302 e. The van der Waals surface area contributed by atoms with Crippen LogP contribution in [0.15, 0.2) is 6.07 Å². The molecule has 0 aromatic carbocycles.